The lowest BCUT2D eigenvalue weighted by atomic mass is 9.81. The number of hydrogen-bond acceptors (Lipinski definition) is 7. The third-order valence-corrected chi connectivity index (χ3v) is 5.85. The van der Waals surface area contributed by atoms with Gasteiger partial charge in [-0.3, -0.25) is 14.8 Å². The standard InChI is InChI=1S/C25H22F3N5O3/c1-3-36-23-20(24(13-29)5-7-35-14-24)8-17(11-32-23)19-10-18(12-31-15(19)2)33-22(34)16-4-6-30-21(9-16)25(26,27)28/h4,6,8-12H,3,5,7,14H2,1-2H3,(H,33,34). The molecule has 3 aromatic heterocycles. The van der Waals surface area contributed by atoms with Gasteiger partial charge in [0.15, 0.2) is 0 Å². The second kappa shape index (κ2) is 9.91. The first-order chi connectivity index (χ1) is 17.2. The van der Waals surface area contributed by atoms with Crippen LogP contribution in [0.2, 0.25) is 0 Å². The minimum atomic E-state index is -4.67. The smallest absolute Gasteiger partial charge is 0.433 e. The normalized spacial score (nSPS) is 17.4. The first-order valence-electron chi connectivity index (χ1n) is 11.1. The minimum Gasteiger partial charge on any atom is -0.478 e. The van der Waals surface area contributed by atoms with Gasteiger partial charge in [-0.1, -0.05) is 0 Å². The zero-order valence-electron chi connectivity index (χ0n) is 19.5. The molecule has 1 saturated heterocycles. The monoisotopic (exact) mass is 497 g/mol. The van der Waals surface area contributed by atoms with Gasteiger partial charge < -0.3 is 14.8 Å². The molecule has 1 aliphatic rings. The van der Waals surface area contributed by atoms with E-state index in [1.807, 2.05) is 13.0 Å². The number of rotatable bonds is 6. The zero-order chi connectivity index (χ0) is 25.9. The highest BCUT2D eigenvalue weighted by Gasteiger charge is 2.40. The average molecular weight is 497 g/mol. The summed E-state index contributed by atoms with van der Waals surface area (Å²) < 4.78 is 50.1. The molecule has 1 fully saturated rings. The molecule has 0 bridgehead atoms. The summed E-state index contributed by atoms with van der Waals surface area (Å²) in [5.74, 6) is -0.391. The van der Waals surface area contributed by atoms with Crippen molar-refractivity contribution in [3.8, 4) is 23.1 Å². The fraction of sp³-hybridized carbons (Fsp3) is 0.320. The Balaban J connectivity index is 1.68. The van der Waals surface area contributed by atoms with Crippen LogP contribution in [-0.4, -0.2) is 40.7 Å². The summed E-state index contributed by atoms with van der Waals surface area (Å²) in [6, 6.07) is 7.69. The number of nitrogens with zero attached hydrogens (tertiary/aromatic N) is 4. The van der Waals surface area contributed by atoms with Crippen LogP contribution in [0.5, 0.6) is 5.88 Å². The maximum absolute atomic E-state index is 13.0. The molecular formula is C25H22F3N5O3. The van der Waals surface area contributed by atoms with Crippen LogP contribution in [0, 0.1) is 18.3 Å². The molecule has 36 heavy (non-hydrogen) atoms. The lowest BCUT2D eigenvalue weighted by molar-refractivity contribution is -0.141. The molecule has 0 spiro atoms. The molecule has 186 valence electrons. The van der Waals surface area contributed by atoms with Gasteiger partial charge in [-0.25, -0.2) is 4.98 Å². The van der Waals surface area contributed by atoms with Crippen molar-refractivity contribution in [2.75, 3.05) is 25.1 Å². The van der Waals surface area contributed by atoms with Crippen LogP contribution in [0.3, 0.4) is 0 Å². The third-order valence-electron chi connectivity index (χ3n) is 5.85. The maximum atomic E-state index is 13.0. The number of carbonyl (C=O) groups is 1. The molecule has 1 amide bonds. The van der Waals surface area contributed by atoms with E-state index in [2.05, 4.69) is 26.3 Å². The Labute approximate surface area is 205 Å². The predicted octanol–water partition coefficient (Wildman–Crippen LogP) is 4.70. The number of amides is 1. The first kappa shape index (κ1) is 25.1. The van der Waals surface area contributed by atoms with Gasteiger partial charge in [-0.15, -0.1) is 0 Å². The van der Waals surface area contributed by atoms with Gasteiger partial charge in [-0.05, 0) is 44.5 Å². The highest BCUT2D eigenvalue weighted by molar-refractivity contribution is 6.04. The van der Waals surface area contributed by atoms with E-state index in [9.17, 15) is 23.2 Å². The highest BCUT2D eigenvalue weighted by atomic mass is 19.4. The van der Waals surface area contributed by atoms with E-state index in [0.717, 1.165) is 6.20 Å². The molecule has 0 saturated carbocycles. The highest BCUT2D eigenvalue weighted by Crippen LogP contribution is 2.40. The molecule has 1 unspecified atom stereocenters. The topological polar surface area (TPSA) is 110 Å². The molecule has 1 aliphatic heterocycles. The number of nitriles is 1. The maximum Gasteiger partial charge on any atom is 0.433 e. The molecule has 1 N–H and O–H groups in total. The van der Waals surface area contributed by atoms with E-state index in [0.29, 0.717) is 54.0 Å². The van der Waals surface area contributed by atoms with E-state index in [-0.39, 0.29) is 17.9 Å². The molecule has 0 aromatic carbocycles. The van der Waals surface area contributed by atoms with Crippen LogP contribution in [0.1, 0.15) is 40.7 Å². The molecule has 1 atom stereocenters. The molecule has 3 aromatic rings. The van der Waals surface area contributed by atoms with Crippen molar-refractivity contribution in [1.82, 2.24) is 15.0 Å². The van der Waals surface area contributed by atoms with Crippen molar-refractivity contribution in [1.29, 1.82) is 5.26 Å². The van der Waals surface area contributed by atoms with E-state index in [1.54, 1.807) is 19.2 Å². The fourth-order valence-electron chi connectivity index (χ4n) is 3.94. The number of anilines is 1. The average Bonchev–Trinajstić information content (AvgIpc) is 3.35. The Morgan fingerprint density at radius 3 is 2.72 bits per heavy atom. The SMILES string of the molecule is CCOc1ncc(-c2cc(NC(=O)c3ccnc(C(F)(F)F)c3)cnc2C)cc1C1(C#N)CCOC1. The van der Waals surface area contributed by atoms with Gasteiger partial charge in [0.2, 0.25) is 5.88 Å². The van der Waals surface area contributed by atoms with E-state index < -0.39 is 23.2 Å². The Kier molecular flexibility index (Phi) is 6.90. The van der Waals surface area contributed by atoms with Crippen molar-refractivity contribution in [2.45, 2.75) is 31.9 Å². The predicted molar refractivity (Wildman–Crippen MR) is 123 cm³/mol. The summed E-state index contributed by atoms with van der Waals surface area (Å²) in [4.78, 5) is 24.7. The number of halogens is 3. The van der Waals surface area contributed by atoms with Crippen molar-refractivity contribution < 1.29 is 27.4 Å². The third kappa shape index (κ3) is 4.99. The molecular weight excluding hydrogens is 475 g/mol. The van der Waals surface area contributed by atoms with Crippen molar-refractivity contribution in [3.63, 3.8) is 0 Å². The number of nitrogens with one attached hydrogen (secondary N) is 1. The van der Waals surface area contributed by atoms with Crippen LogP contribution in [0.15, 0.2) is 42.9 Å². The van der Waals surface area contributed by atoms with Crippen molar-refractivity contribution in [2.24, 2.45) is 0 Å². The number of carbonyl (C=O) groups excluding carboxylic acids is 1. The number of alkyl halides is 3. The molecule has 0 aliphatic carbocycles. The zero-order valence-corrected chi connectivity index (χ0v) is 19.5. The summed E-state index contributed by atoms with van der Waals surface area (Å²) in [6.45, 7) is 4.62. The summed E-state index contributed by atoms with van der Waals surface area (Å²) >= 11 is 0. The van der Waals surface area contributed by atoms with Gasteiger partial charge in [-0.2, -0.15) is 18.4 Å². The first-order valence-corrected chi connectivity index (χ1v) is 11.1. The van der Waals surface area contributed by atoms with Crippen LogP contribution < -0.4 is 10.1 Å². The molecule has 4 rings (SSSR count). The molecule has 8 nitrogen and oxygen atoms in total. The Bertz CT molecular complexity index is 1330. The summed E-state index contributed by atoms with van der Waals surface area (Å²) in [6.07, 6.45) is -0.246. The van der Waals surface area contributed by atoms with Crippen molar-refractivity contribution in [3.05, 3.63) is 65.4 Å². The van der Waals surface area contributed by atoms with Crippen LogP contribution in [0.25, 0.3) is 11.1 Å². The number of ether oxygens (including phenoxy) is 2. The van der Waals surface area contributed by atoms with Gasteiger partial charge in [0, 0.05) is 46.9 Å². The largest absolute Gasteiger partial charge is 0.478 e. The summed E-state index contributed by atoms with van der Waals surface area (Å²) in [7, 11) is 0. The lowest BCUT2D eigenvalue weighted by Crippen LogP contribution is -2.25. The fourth-order valence-corrected chi connectivity index (χ4v) is 3.94. The van der Waals surface area contributed by atoms with Gasteiger partial charge >= 0.3 is 6.18 Å². The Morgan fingerprint density at radius 2 is 2.06 bits per heavy atom. The van der Waals surface area contributed by atoms with Gasteiger partial charge in [0.1, 0.15) is 11.1 Å². The van der Waals surface area contributed by atoms with Gasteiger partial charge in [0.05, 0.1) is 31.2 Å². The molecule has 11 heteroatoms. The summed E-state index contributed by atoms with van der Waals surface area (Å²) in [5.41, 5.74) is 0.518. The van der Waals surface area contributed by atoms with Gasteiger partial charge in [0.25, 0.3) is 5.91 Å². The van der Waals surface area contributed by atoms with Crippen LogP contribution >= 0.6 is 0 Å². The van der Waals surface area contributed by atoms with Crippen LogP contribution in [0.4, 0.5) is 18.9 Å². The molecule has 4 heterocycles. The number of aryl methyl sites for hydroxylation is 1. The minimum absolute atomic E-state index is 0.193. The van der Waals surface area contributed by atoms with Crippen LogP contribution in [-0.2, 0) is 16.3 Å². The van der Waals surface area contributed by atoms with Crippen molar-refractivity contribution >= 4 is 11.6 Å². The quantitative estimate of drug-likeness (QED) is 0.526. The second-order valence-corrected chi connectivity index (χ2v) is 8.24. The number of pyridine rings is 3. The Hall–Kier alpha value is -4.04. The van der Waals surface area contributed by atoms with E-state index >= 15 is 0 Å². The molecule has 0 radical (unpaired) electrons. The summed E-state index contributed by atoms with van der Waals surface area (Å²) in [5, 5.41) is 12.5. The second-order valence-electron chi connectivity index (χ2n) is 8.24. The van der Waals surface area contributed by atoms with E-state index in [1.165, 1.54) is 12.3 Å². The Morgan fingerprint density at radius 1 is 1.25 bits per heavy atom. The number of aromatic nitrogens is 3. The lowest BCUT2D eigenvalue weighted by Gasteiger charge is -2.22. The number of hydrogen-bond donors (Lipinski definition) is 1. The van der Waals surface area contributed by atoms with E-state index in [4.69, 9.17) is 9.47 Å².